The lowest BCUT2D eigenvalue weighted by Crippen LogP contribution is -2.49. The molecule has 3 aliphatic rings. The predicted molar refractivity (Wildman–Crippen MR) is 101 cm³/mol. The van der Waals surface area contributed by atoms with Crippen LogP contribution in [-0.4, -0.2) is 54.1 Å². The molecule has 4 nitrogen and oxygen atoms in total. The minimum Gasteiger partial charge on any atom is -0.335 e. The Morgan fingerprint density at radius 3 is 2.48 bits per heavy atom. The topological polar surface area (TPSA) is 35.6 Å². The van der Waals surface area contributed by atoms with E-state index in [-0.39, 0.29) is 6.03 Å². The number of piperidine rings is 1. The lowest BCUT2D eigenvalue weighted by molar-refractivity contribution is 0.173. The Morgan fingerprint density at radius 2 is 1.80 bits per heavy atom. The Balaban J connectivity index is 1.28. The molecule has 1 N–H and O–H groups in total. The van der Waals surface area contributed by atoms with Gasteiger partial charge in [-0.05, 0) is 57.1 Å². The van der Waals surface area contributed by atoms with Crippen LogP contribution in [0.5, 0.6) is 0 Å². The maximum Gasteiger partial charge on any atom is 0.317 e. The highest BCUT2D eigenvalue weighted by atomic mass is 16.2. The van der Waals surface area contributed by atoms with Gasteiger partial charge in [-0.25, -0.2) is 4.79 Å². The lowest BCUT2D eigenvalue weighted by atomic mass is 9.93. The molecule has 1 aromatic rings. The fraction of sp³-hybridized carbons (Fsp3) is 0.667. The molecule has 1 aliphatic carbocycles. The summed E-state index contributed by atoms with van der Waals surface area (Å²) >= 11 is 0. The second kappa shape index (κ2) is 6.99. The summed E-state index contributed by atoms with van der Waals surface area (Å²) in [5.41, 5.74) is 4.09. The first-order valence-electron chi connectivity index (χ1n) is 9.97. The van der Waals surface area contributed by atoms with Crippen LogP contribution in [0.15, 0.2) is 18.2 Å². The number of nitrogens with one attached hydrogen (secondary N) is 1. The summed E-state index contributed by atoms with van der Waals surface area (Å²) < 4.78 is 0. The van der Waals surface area contributed by atoms with Crippen LogP contribution in [0.2, 0.25) is 0 Å². The van der Waals surface area contributed by atoms with Crippen LogP contribution in [0.3, 0.4) is 0 Å². The van der Waals surface area contributed by atoms with E-state index in [0.717, 1.165) is 51.5 Å². The van der Waals surface area contributed by atoms with Gasteiger partial charge < -0.3 is 15.1 Å². The van der Waals surface area contributed by atoms with Crippen molar-refractivity contribution in [3.8, 4) is 0 Å². The third-order valence-electron chi connectivity index (χ3n) is 6.26. The van der Waals surface area contributed by atoms with Crippen molar-refractivity contribution in [3.05, 3.63) is 34.9 Å². The highest BCUT2D eigenvalue weighted by Crippen LogP contribution is 2.31. The quantitative estimate of drug-likeness (QED) is 0.914. The molecule has 1 atom stereocenters. The summed E-state index contributed by atoms with van der Waals surface area (Å²) in [5.74, 6) is 0.489. The predicted octanol–water partition coefficient (Wildman–Crippen LogP) is 3.43. The summed E-state index contributed by atoms with van der Waals surface area (Å²) in [7, 11) is 0. The van der Waals surface area contributed by atoms with E-state index in [1.807, 2.05) is 4.90 Å². The van der Waals surface area contributed by atoms with Gasteiger partial charge in [-0.15, -0.1) is 0 Å². The second-order valence-electron chi connectivity index (χ2n) is 8.28. The minimum absolute atomic E-state index is 0.150. The van der Waals surface area contributed by atoms with Crippen molar-refractivity contribution in [2.45, 2.75) is 64.0 Å². The Hall–Kier alpha value is -1.55. The van der Waals surface area contributed by atoms with E-state index in [4.69, 9.17) is 0 Å². The molecule has 4 rings (SSSR count). The fourth-order valence-corrected chi connectivity index (χ4v) is 4.60. The van der Waals surface area contributed by atoms with Crippen molar-refractivity contribution >= 4 is 6.03 Å². The highest BCUT2D eigenvalue weighted by molar-refractivity contribution is 5.75. The van der Waals surface area contributed by atoms with Crippen molar-refractivity contribution in [1.82, 2.24) is 15.1 Å². The number of likely N-dealkylation sites (tertiary alicyclic amines) is 2. The lowest BCUT2D eigenvalue weighted by Gasteiger charge is -2.33. The number of benzene rings is 1. The molecule has 0 spiro atoms. The number of carbonyl (C=O) groups is 1. The Bertz CT molecular complexity index is 632. The van der Waals surface area contributed by atoms with E-state index in [2.05, 4.69) is 42.3 Å². The molecular weight excluding hydrogens is 310 g/mol. The number of hydrogen-bond acceptors (Lipinski definition) is 2. The molecule has 2 heterocycles. The molecule has 1 saturated carbocycles. The van der Waals surface area contributed by atoms with Gasteiger partial charge >= 0.3 is 6.03 Å². The molecule has 136 valence electrons. The first kappa shape index (κ1) is 16.9. The molecule has 0 unspecified atom stereocenters. The molecule has 0 aromatic heterocycles. The van der Waals surface area contributed by atoms with Gasteiger partial charge in [0.05, 0.1) is 0 Å². The van der Waals surface area contributed by atoms with E-state index < -0.39 is 0 Å². The van der Waals surface area contributed by atoms with E-state index >= 15 is 0 Å². The van der Waals surface area contributed by atoms with Crippen molar-refractivity contribution < 1.29 is 4.79 Å². The van der Waals surface area contributed by atoms with Gasteiger partial charge in [-0.2, -0.15) is 0 Å². The van der Waals surface area contributed by atoms with Crippen LogP contribution in [0.4, 0.5) is 4.79 Å². The smallest absolute Gasteiger partial charge is 0.317 e. The van der Waals surface area contributed by atoms with Crippen molar-refractivity contribution in [3.63, 3.8) is 0 Å². The number of urea groups is 1. The van der Waals surface area contributed by atoms with Gasteiger partial charge in [0.1, 0.15) is 0 Å². The molecule has 2 saturated heterocycles. The van der Waals surface area contributed by atoms with Gasteiger partial charge in [0.25, 0.3) is 0 Å². The maximum absolute atomic E-state index is 12.7. The second-order valence-corrected chi connectivity index (χ2v) is 8.28. The number of aryl methyl sites for hydroxylation is 2. The molecule has 3 fully saturated rings. The Labute approximate surface area is 151 Å². The summed E-state index contributed by atoms with van der Waals surface area (Å²) in [4.78, 5) is 17.3. The Kier molecular flexibility index (Phi) is 4.72. The average molecular weight is 341 g/mol. The summed E-state index contributed by atoms with van der Waals surface area (Å²) in [5, 5.41) is 3.30. The normalized spacial score (nSPS) is 25.4. The van der Waals surface area contributed by atoms with Gasteiger partial charge in [-0.1, -0.05) is 23.8 Å². The van der Waals surface area contributed by atoms with Crippen LogP contribution in [0, 0.1) is 13.8 Å². The zero-order chi connectivity index (χ0) is 17.4. The zero-order valence-electron chi connectivity index (χ0n) is 15.6. The Morgan fingerprint density at radius 1 is 1.04 bits per heavy atom. The van der Waals surface area contributed by atoms with Crippen LogP contribution in [-0.2, 0) is 0 Å². The SMILES string of the molecule is Cc1ccc([C@H]2CCN(C(=O)NC3CCN(C4CC4)CC3)C2)c(C)c1. The molecule has 1 aromatic carbocycles. The molecule has 0 radical (unpaired) electrons. The standard InChI is InChI=1S/C21H31N3O/c1-15-3-6-20(16(2)13-15)17-7-10-24(14-17)21(25)22-18-8-11-23(12-9-18)19-4-5-19/h3,6,13,17-19H,4-5,7-12,14H2,1-2H3,(H,22,25)/t17-/m0/s1. The fourth-order valence-electron chi connectivity index (χ4n) is 4.60. The zero-order valence-corrected chi connectivity index (χ0v) is 15.6. The third-order valence-corrected chi connectivity index (χ3v) is 6.26. The van der Waals surface area contributed by atoms with Gasteiger partial charge in [0, 0.05) is 44.2 Å². The average Bonchev–Trinajstić information content (AvgIpc) is 3.33. The molecule has 0 bridgehead atoms. The molecular formula is C21H31N3O. The van der Waals surface area contributed by atoms with E-state index in [0.29, 0.717) is 12.0 Å². The van der Waals surface area contributed by atoms with Gasteiger partial charge in [-0.3, -0.25) is 0 Å². The summed E-state index contributed by atoms with van der Waals surface area (Å²) in [6.45, 7) is 8.38. The number of amides is 2. The van der Waals surface area contributed by atoms with Crippen LogP contribution in [0.1, 0.15) is 54.7 Å². The minimum atomic E-state index is 0.150. The number of carbonyl (C=O) groups excluding carboxylic acids is 1. The van der Waals surface area contributed by atoms with Gasteiger partial charge in [0.2, 0.25) is 0 Å². The monoisotopic (exact) mass is 341 g/mol. The molecule has 2 amide bonds. The van der Waals surface area contributed by atoms with Crippen LogP contribution >= 0.6 is 0 Å². The van der Waals surface area contributed by atoms with Crippen molar-refractivity contribution in [1.29, 1.82) is 0 Å². The molecule has 2 aliphatic heterocycles. The van der Waals surface area contributed by atoms with Crippen molar-refractivity contribution in [2.75, 3.05) is 26.2 Å². The maximum atomic E-state index is 12.7. The number of hydrogen-bond donors (Lipinski definition) is 1. The van der Waals surface area contributed by atoms with Crippen LogP contribution < -0.4 is 5.32 Å². The number of nitrogens with zero attached hydrogens (tertiary/aromatic N) is 2. The summed E-state index contributed by atoms with van der Waals surface area (Å²) in [6, 6.07) is 8.07. The van der Waals surface area contributed by atoms with E-state index in [9.17, 15) is 4.79 Å². The first-order chi connectivity index (χ1) is 12.1. The third kappa shape index (κ3) is 3.84. The number of rotatable bonds is 3. The van der Waals surface area contributed by atoms with Crippen molar-refractivity contribution in [2.24, 2.45) is 0 Å². The van der Waals surface area contributed by atoms with E-state index in [1.165, 1.54) is 29.5 Å². The van der Waals surface area contributed by atoms with Crippen LogP contribution in [0.25, 0.3) is 0 Å². The highest BCUT2D eigenvalue weighted by Gasteiger charge is 2.33. The van der Waals surface area contributed by atoms with E-state index in [1.54, 1.807) is 0 Å². The van der Waals surface area contributed by atoms with Gasteiger partial charge in [0.15, 0.2) is 0 Å². The summed E-state index contributed by atoms with van der Waals surface area (Å²) in [6.07, 6.45) is 6.06. The largest absolute Gasteiger partial charge is 0.335 e. The molecule has 25 heavy (non-hydrogen) atoms. The first-order valence-corrected chi connectivity index (χ1v) is 9.97. The molecule has 4 heteroatoms.